The molecule has 0 radical (unpaired) electrons. The van der Waals surface area contributed by atoms with Crippen LogP contribution in [0.15, 0.2) is 0 Å². The van der Waals surface area contributed by atoms with E-state index in [0.29, 0.717) is 24.2 Å². The zero-order valence-electron chi connectivity index (χ0n) is 13.5. The Kier molecular flexibility index (Phi) is 3.38. The highest BCUT2D eigenvalue weighted by Gasteiger charge is 2.68. The van der Waals surface area contributed by atoms with E-state index in [0.717, 1.165) is 32.7 Å². The maximum absolute atomic E-state index is 6.96. The van der Waals surface area contributed by atoms with Gasteiger partial charge in [0.15, 0.2) is 0 Å². The number of hydrogen-bond acceptors (Lipinski definition) is 4. The molecule has 4 aliphatic rings. The highest BCUT2D eigenvalue weighted by molar-refractivity contribution is 5.22. The van der Waals surface area contributed by atoms with Crippen LogP contribution in [0.3, 0.4) is 0 Å². The first-order valence-corrected chi connectivity index (χ1v) is 8.80. The summed E-state index contributed by atoms with van der Waals surface area (Å²) >= 11 is 0. The van der Waals surface area contributed by atoms with Crippen LogP contribution in [-0.4, -0.2) is 55.0 Å². The van der Waals surface area contributed by atoms with Crippen LogP contribution in [0.1, 0.15) is 46.0 Å². The van der Waals surface area contributed by atoms with Crippen LogP contribution in [0.2, 0.25) is 0 Å². The Bertz CT molecular complexity index is 412. The summed E-state index contributed by atoms with van der Waals surface area (Å²) in [6.07, 6.45) is 7.16. The second-order valence-corrected chi connectivity index (χ2v) is 8.18. The van der Waals surface area contributed by atoms with Crippen molar-refractivity contribution in [1.82, 2.24) is 4.90 Å². The largest absolute Gasteiger partial charge is 0.377 e. The SMILES string of the molecule is CC1(C)C2OCCC2C1(N)CN1CCOC2CCCCC21. The lowest BCUT2D eigenvalue weighted by Gasteiger charge is -2.64. The van der Waals surface area contributed by atoms with E-state index in [-0.39, 0.29) is 11.0 Å². The number of rotatable bonds is 2. The van der Waals surface area contributed by atoms with E-state index in [1.54, 1.807) is 0 Å². The number of hydrogen-bond donors (Lipinski definition) is 1. The molecule has 120 valence electrons. The number of nitrogens with two attached hydrogens (primary N) is 1. The summed E-state index contributed by atoms with van der Waals surface area (Å²) in [5, 5.41) is 0. The van der Waals surface area contributed by atoms with E-state index in [1.807, 2.05) is 0 Å². The van der Waals surface area contributed by atoms with Gasteiger partial charge in [0, 0.05) is 42.6 Å². The van der Waals surface area contributed by atoms with Gasteiger partial charge in [-0.2, -0.15) is 0 Å². The normalized spacial score (nSPS) is 49.3. The van der Waals surface area contributed by atoms with Gasteiger partial charge in [-0.3, -0.25) is 4.90 Å². The van der Waals surface area contributed by atoms with Crippen molar-refractivity contribution in [2.24, 2.45) is 17.1 Å². The lowest BCUT2D eigenvalue weighted by Crippen LogP contribution is -2.79. The maximum Gasteiger partial charge on any atom is 0.0730 e. The molecule has 4 rings (SSSR count). The summed E-state index contributed by atoms with van der Waals surface area (Å²) in [5.74, 6) is 0.553. The predicted octanol–water partition coefficient (Wildman–Crippen LogP) is 1.77. The predicted molar refractivity (Wildman–Crippen MR) is 82.1 cm³/mol. The first kappa shape index (κ1) is 14.4. The quantitative estimate of drug-likeness (QED) is 0.843. The van der Waals surface area contributed by atoms with E-state index >= 15 is 0 Å². The lowest BCUT2D eigenvalue weighted by atomic mass is 9.48. The molecule has 5 atom stereocenters. The van der Waals surface area contributed by atoms with E-state index in [1.165, 1.54) is 25.7 Å². The van der Waals surface area contributed by atoms with Crippen molar-refractivity contribution >= 4 is 0 Å². The Labute approximate surface area is 128 Å². The molecule has 0 aromatic rings. The molecule has 2 saturated heterocycles. The fourth-order valence-corrected chi connectivity index (χ4v) is 5.50. The molecule has 4 nitrogen and oxygen atoms in total. The highest BCUT2D eigenvalue weighted by Crippen LogP contribution is 2.58. The average Bonchev–Trinajstić information content (AvgIpc) is 2.96. The molecule has 0 spiro atoms. The van der Waals surface area contributed by atoms with Gasteiger partial charge in [-0.25, -0.2) is 0 Å². The van der Waals surface area contributed by atoms with Gasteiger partial charge in [-0.1, -0.05) is 26.7 Å². The van der Waals surface area contributed by atoms with Crippen molar-refractivity contribution < 1.29 is 9.47 Å². The van der Waals surface area contributed by atoms with Crippen LogP contribution in [0, 0.1) is 11.3 Å². The van der Waals surface area contributed by atoms with Gasteiger partial charge in [0.05, 0.1) is 18.8 Å². The molecule has 4 heteroatoms. The monoisotopic (exact) mass is 294 g/mol. The minimum absolute atomic E-state index is 0.0898. The van der Waals surface area contributed by atoms with Gasteiger partial charge in [-0.15, -0.1) is 0 Å². The molecule has 0 amide bonds. The van der Waals surface area contributed by atoms with Crippen LogP contribution in [0.25, 0.3) is 0 Å². The van der Waals surface area contributed by atoms with Crippen molar-refractivity contribution in [3.8, 4) is 0 Å². The first-order valence-electron chi connectivity index (χ1n) is 8.80. The van der Waals surface area contributed by atoms with Gasteiger partial charge < -0.3 is 15.2 Å². The number of ether oxygens (including phenoxy) is 2. The molecule has 0 aromatic heterocycles. The van der Waals surface area contributed by atoms with Gasteiger partial charge >= 0.3 is 0 Å². The fourth-order valence-electron chi connectivity index (χ4n) is 5.50. The summed E-state index contributed by atoms with van der Waals surface area (Å²) in [6, 6.07) is 0.602. The molecule has 5 unspecified atom stereocenters. The summed E-state index contributed by atoms with van der Waals surface area (Å²) in [7, 11) is 0. The summed E-state index contributed by atoms with van der Waals surface area (Å²) < 4.78 is 11.9. The molecule has 2 N–H and O–H groups in total. The summed E-state index contributed by atoms with van der Waals surface area (Å²) in [5.41, 5.74) is 6.96. The molecule has 0 aromatic carbocycles. The van der Waals surface area contributed by atoms with Crippen molar-refractivity contribution in [3.63, 3.8) is 0 Å². The Morgan fingerprint density at radius 3 is 2.76 bits per heavy atom. The third-order valence-corrected chi connectivity index (χ3v) is 6.98. The van der Waals surface area contributed by atoms with Crippen LogP contribution in [-0.2, 0) is 9.47 Å². The van der Waals surface area contributed by atoms with Crippen LogP contribution < -0.4 is 5.73 Å². The summed E-state index contributed by atoms with van der Waals surface area (Å²) in [6.45, 7) is 8.45. The van der Waals surface area contributed by atoms with Gasteiger partial charge in [0.1, 0.15) is 0 Å². The maximum atomic E-state index is 6.96. The Morgan fingerprint density at radius 1 is 1.10 bits per heavy atom. The van der Waals surface area contributed by atoms with Crippen LogP contribution in [0.4, 0.5) is 0 Å². The van der Waals surface area contributed by atoms with E-state index in [9.17, 15) is 0 Å². The molecular formula is C17H30N2O2. The molecule has 2 aliphatic heterocycles. The Hall–Kier alpha value is -0.160. The van der Waals surface area contributed by atoms with Gasteiger partial charge in [-0.05, 0) is 19.3 Å². The molecule has 21 heavy (non-hydrogen) atoms. The van der Waals surface area contributed by atoms with E-state index in [4.69, 9.17) is 15.2 Å². The zero-order chi connectivity index (χ0) is 14.7. The number of fused-ring (bicyclic) bond motifs is 2. The average molecular weight is 294 g/mol. The van der Waals surface area contributed by atoms with Gasteiger partial charge in [0.2, 0.25) is 0 Å². The molecule has 4 fully saturated rings. The Morgan fingerprint density at radius 2 is 1.90 bits per heavy atom. The summed E-state index contributed by atoms with van der Waals surface area (Å²) in [4.78, 5) is 2.66. The minimum atomic E-state index is -0.0898. The molecule has 2 saturated carbocycles. The van der Waals surface area contributed by atoms with E-state index < -0.39 is 0 Å². The third-order valence-electron chi connectivity index (χ3n) is 6.98. The molecule has 2 aliphatic carbocycles. The molecular weight excluding hydrogens is 264 g/mol. The fraction of sp³-hybridized carbons (Fsp3) is 1.00. The van der Waals surface area contributed by atoms with Crippen LogP contribution in [0.5, 0.6) is 0 Å². The Balaban J connectivity index is 1.52. The topological polar surface area (TPSA) is 47.7 Å². The number of nitrogens with zero attached hydrogens (tertiary/aromatic N) is 1. The minimum Gasteiger partial charge on any atom is -0.377 e. The second kappa shape index (κ2) is 4.92. The smallest absolute Gasteiger partial charge is 0.0730 e. The second-order valence-electron chi connectivity index (χ2n) is 8.18. The standard InChI is InChI=1S/C17H30N2O2/c1-16(2)15-12(7-9-21-15)17(16,18)11-19-8-10-20-14-6-4-3-5-13(14)19/h12-15H,3-11,18H2,1-2H3. The first-order chi connectivity index (χ1) is 10.0. The van der Waals surface area contributed by atoms with Crippen molar-refractivity contribution in [2.45, 2.75) is 69.7 Å². The zero-order valence-corrected chi connectivity index (χ0v) is 13.5. The molecule has 2 heterocycles. The molecule has 0 bridgehead atoms. The van der Waals surface area contributed by atoms with Crippen molar-refractivity contribution in [1.29, 1.82) is 0 Å². The van der Waals surface area contributed by atoms with Gasteiger partial charge in [0.25, 0.3) is 0 Å². The van der Waals surface area contributed by atoms with Crippen molar-refractivity contribution in [3.05, 3.63) is 0 Å². The van der Waals surface area contributed by atoms with Crippen LogP contribution >= 0.6 is 0 Å². The number of morpholine rings is 1. The lowest BCUT2D eigenvalue weighted by molar-refractivity contribution is -0.178. The van der Waals surface area contributed by atoms with Crippen molar-refractivity contribution in [2.75, 3.05) is 26.3 Å². The third kappa shape index (κ3) is 1.95. The van der Waals surface area contributed by atoms with E-state index in [2.05, 4.69) is 18.7 Å². The highest BCUT2D eigenvalue weighted by atomic mass is 16.5.